The van der Waals surface area contributed by atoms with Gasteiger partial charge in [0.15, 0.2) is 12.3 Å². The summed E-state index contributed by atoms with van der Waals surface area (Å²) in [6.07, 6.45) is 0.112. The van der Waals surface area contributed by atoms with Crippen molar-refractivity contribution in [2.24, 2.45) is 5.92 Å². The average molecular weight is 463 g/mol. The van der Waals surface area contributed by atoms with E-state index < -0.39 is 24.5 Å². The van der Waals surface area contributed by atoms with Gasteiger partial charge in [-0.05, 0) is 31.0 Å². The monoisotopic (exact) mass is 462 g/mol. The number of carbonyl (C=O) groups excluding carboxylic acids is 3. The minimum atomic E-state index is -0.799. The quantitative estimate of drug-likeness (QED) is 0.584. The Hall–Kier alpha value is -4.01. The van der Waals surface area contributed by atoms with Crippen LogP contribution in [0.1, 0.15) is 37.7 Å². The van der Waals surface area contributed by atoms with E-state index in [4.69, 9.17) is 4.74 Å². The molecule has 0 radical (unpaired) electrons. The largest absolute Gasteiger partial charge is 0.451 e. The van der Waals surface area contributed by atoms with Gasteiger partial charge >= 0.3 is 5.97 Å². The summed E-state index contributed by atoms with van der Waals surface area (Å²) in [4.78, 5) is 52.5. The second-order valence-corrected chi connectivity index (χ2v) is 8.73. The van der Waals surface area contributed by atoms with E-state index in [-0.39, 0.29) is 29.5 Å². The van der Waals surface area contributed by atoms with Gasteiger partial charge in [0.05, 0.1) is 16.8 Å². The fraction of sp³-hybridized carbons (Fsp3) is 0.320. The van der Waals surface area contributed by atoms with E-state index >= 15 is 0 Å². The smallest absolute Gasteiger partial charge is 0.359 e. The second kappa shape index (κ2) is 9.46. The van der Waals surface area contributed by atoms with Gasteiger partial charge in [-0.2, -0.15) is 5.10 Å². The predicted octanol–water partition coefficient (Wildman–Crippen LogP) is 2.97. The molecule has 2 aromatic carbocycles. The Morgan fingerprint density at radius 2 is 1.76 bits per heavy atom. The van der Waals surface area contributed by atoms with Crippen LogP contribution < -0.4 is 15.8 Å². The highest BCUT2D eigenvalue weighted by molar-refractivity contribution is 6.06. The van der Waals surface area contributed by atoms with Gasteiger partial charge in [-0.3, -0.25) is 14.4 Å². The Morgan fingerprint density at radius 3 is 2.50 bits per heavy atom. The van der Waals surface area contributed by atoms with Gasteiger partial charge in [-0.1, -0.05) is 44.2 Å². The fourth-order valence-corrected chi connectivity index (χ4v) is 4.09. The highest BCUT2D eigenvalue weighted by atomic mass is 16.5. The number of aromatic nitrogens is 2. The number of ether oxygens (including phenoxy) is 1. The molecular weight excluding hydrogens is 436 g/mol. The maximum atomic E-state index is 13.1. The first kappa shape index (κ1) is 23.2. The predicted molar refractivity (Wildman–Crippen MR) is 128 cm³/mol. The number of esters is 1. The molecule has 3 aromatic rings. The molecule has 2 heterocycles. The third-order valence-corrected chi connectivity index (χ3v) is 5.55. The molecule has 9 nitrogen and oxygen atoms in total. The van der Waals surface area contributed by atoms with E-state index in [1.165, 1.54) is 9.58 Å². The van der Waals surface area contributed by atoms with Gasteiger partial charge in [0, 0.05) is 24.4 Å². The van der Waals surface area contributed by atoms with Crippen molar-refractivity contribution in [3.05, 3.63) is 64.6 Å². The van der Waals surface area contributed by atoms with Crippen LogP contribution in [0.15, 0.2) is 53.3 Å². The Morgan fingerprint density at radius 1 is 1.09 bits per heavy atom. The molecule has 0 fully saturated rings. The minimum absolute atomic E-state index is 0.0233. The van der Waals surface area contributed by atoms with Gasteiger partial charge in [-0.15, -0.1) is 0 Å². The van der Waals surface area contributed by atoms with E-state index in [9.17, 15) is 19.2 Å². The van der Waals surface area contributed by atoms with Crippen LogP contribution in [0.3, 0.4) is 0 Å². The minimum Gasteiger partial charge on any atom is -0.451 e. The van der Waals surface area contributed by atoms with Gasteiger partial charge in [0.2, 0.25) is 5.91 Å². The maximum Gasteiger partial charge on any atom is 0.359 e. The normalized spacial score (nSPS) is 15.6. The van der Waals surface area contributed by atoms with Gasteiger partial charge in [0.1, 0.15) is 0 Å². The highest BCUT2D eigenvalue weighted by Crippen LogP contribution is 2.31. The average Bonchev–Trinajstić information content (AvgIpc) is 2.93. The second-order valence-electron chi connectivity index (χ2n) is 8.73. The van der Waals surface area contributed by atoms with Crippen molar-refractivity contribution in [1.29, 1.82) is 0 Å². The molecule has 34 heavy (non-hydrogen) atoms. The van der Waals surface area contributed by atoms with Crippen LogP contribution in [0, 0.1) is 5.92 Å². The van der Waals surface area contributed by atoms with E-state index in [0.717, 1.165) is 0 Å². The van der Waals surface area contributed by atoms with Crippen molar-refractivity contribution in [2.45, 2.75) is 39.8 Å². The lowest BCUT2D eigenvalue weighted by atomic mass is 10.1. The molecule has 1 aromatic heterocycles. The third kappa shape index (κ3) is 4.54. The van der Waals surface area contributed by atoms with Crippen molar-refractivity contribution in [2.75, 3.05) is 16.8 Å². The molecule has 0 saturated heterocycles. The summed E-state index contributed by atoms with van der Waals surface area (Å²) in [5, 5.41) is 7.78. The molecule has 0 saturated carbocycles. The number of nitrogens with zero attached hydrogens (tertiary/aromatic N) is 3. The molecular formula is C25H26N4O5. The summed E-state index contributed by atoms with van der Waals surface area (Å²) in [5.41, 5.74) is 0.745. The zero-order valence-corrected chi connectivity index (χ0v) is 19.3. The lowest BCUT2D eigenvalue weighted by Crippen LogP contribution is -2.41. The Balaban J connectivity index is 1.61. The molecule has 1 N–H and O–H groups in total. The fourth-order valence-electron chi connectivity index (χ4n) is 4.09. The van der Waals surface area contributed by atoms with Crippen molar-refractivity contribution in [3.63, 3.8) is 0 Å². The molecule has 0 bridgehead atoms. The number of benzene rings is 2. The summed E-state index contributed by atoms with van der Waals surface area (Å²) in [7, 11) is 0. The lowest BCUT2D eigenvalue weighted by molar-refractivity contribution is -0.122. The molecule has 1 atom stereocenters. The van der Waals surface area contributed by atoms with Crippen LogP contribution in [0.2, 0.25) is 0 Å². The number of fused-ring (bicyclic) bond motifs is 2. The first-order valence-corrected chi connectivity index (χ1v) is 11.1. The Kier molecular flexibility index (Phi) is 6.45. The Bertz CT molecular complexity index is 1330. The number of anilines is 2. The summed E-state index contributed by atoms with van der Waals surface area (Å²) in [6, 6.07) is 13.2. The summed E-state index contributed by atoms with van der Waals surface area (Å²) < 4.78 is 6.63. The molecule has 0 spiro atoms. The summed E-state index contributed by atoms with van der Waals surface area (Å²) in [6.45, 7) is 5.45. The molecule has 176 valence electrons. The molecule has 2 amide bonds. The van der Waals surface area contributed by atoms with Gasteiger partial charge < -0.3 is 15.0 Å². The van der Waals surface area contributed by atoms with E-state index in [1.807, 2.05) is 13.8 Å². The van der Waals surface area contributed by atoms with Crippen LogP contribution in [0.4, 0.5) is 11.4 Å². The van der Waals surface area contributed by atoms with Crippen LogP contribution in [0.25, 0.3) is 10.8 Å². The molecule has 0 aliphatic carbocycles. The topological polar surface area (TPSA) is 111 Å². The van der Waals surface area contributed by atoms with Gasteiger partial charge in [0.25, 0.3) is 11.5 Å². The van der Waals surface area contributed by atoms with Gasteiger partial charge in [-0.25, -0.2) is 9.48 Å². The highest BCUT2D eigenvalue weighted by Gasteiger charge is 2.30. The molecule has 4 rings (SSSR count). The van der Waals surface area contributed by atoms with Crippen molar-refractivity contribution in [3.8, 4) is 0 Å². The molecule has 0 unspecified atom stereocenters. The number of carbonyl (C=O) groups is 3. The van der Waals surface area contributed by atoms with Crippen molar-refractivity contribution >= 4 is 39.9 Å². The van der Waals surface area contributed by atoms with E-state index in [0.29, 0.717) is 28.7 Å². The Labute approximate surface area is 196 Å². The van der Waals surface area contributed by atoms with Crippen molar-refractivity contribution < 1.29 is 19.1 Å². The number of hydrogen-bond acceptors (Lipinski definition) is 6. The van der Waals surface area contributed by atoms with Crippen LogP contribution in [-0.4, -0.2) is 40.2 Å². The third-order valence-electron chi connectivity index (χ3n) is 5.55. The number of para-hydroxylation sites is 2. The van der Waals surface area contributed by atoms with E-state index in [2.05, 4.69) is 10.4 Å². The SMILES string of the molecule is CC(C)Cn1nc(C(=O)OCC(=O)N2c3ccccc3NC(=O)C[C@H]2C)c2ccccc2c1=O. The number of amides is 2. The summed E-state index contributed by atoms with van der Waals surface area (Å²) >= 11 is 0. The number of hydrogen-bond donors (Lipinski definition) is 1. The van der Waals surface area contributed by atoms with E-state index in [1.54, 1.807) is 55.5 Å². The zero-order chi connectivity index (χ0) is 24.4. The van der Waals surface area contributed by atoms with Crippen molar-refractivity contribution in [1.82, 2.24) is 9.78 Å². The maximum absolute atomic E-state index is 13.1. The summed E-state index contributed by atoms with van der Waals surface area (Å²) in [5.74, 6) is -1.33. The number of rotatable bonds is 5. The van der Waals surface area contributed by atoms with Crippen LogP contribution in [0.5, 0.6) is 0 Å². The van der Waals surface area contributed by atoms with Crippen LogP contribution in [-0.2, 0) is 20.9 Å². The standard InChI is InChI=1S/C25H26N4O5/c1-15(2)13-28-24(32)18-9-5-4-8-17(18)23(27-28)25(33)34-14-22(31)29-16(3)12-21(30)26-19-10-6-7-11-20(19)29/h4-11,15-16H,12-14H2,1-3H3,(H,26,30)/t16-/m1/s1. The number of nitrogens with one attached hydrogen (secondary N) is 1. The first-order valence-electron chi connectivity index (χ1n) is 11.1. The molecule has 9 heteroatoms. The molecule has 1 aliphatic rings. The van der Waals surface area contributed by atoms with Crippen LogP contribution >= 0.6 is 0 Å². The zero-order valence-electron chi connectivity index (χ0n) is 19.3. The molecule has 1 aliphatic heterocycles. The first-order chi connectivity index (χ1) is 16.3. The lowest BCUT2D eigenvalue weighted by Gasteiger charge is -2.27.